The minimum atomic E-state index is -0.975. The van der Waals surface area contributed by atoms with Gasteiger partial charge in [0.05, 0.1) is 44.9 Å². The number of aromatic carboxylic acids is 2. The molecule has 14 heterocycles. The molecule has 0 amide bonds. The maximum absolute atomic E-state index is 10.5. The van der Waals surface area contributed by atoms with Crippen molar-refractivity contribution in [2.24, 2.45) is 0 Å². The number of aromatic nitrogens is 21. The molecule has 0 fully saturated rings. The Bertz CT molecular complexity index is 5120. The van der Waals surface area contributed by atoms with Gasteiger partial charge >= 0.3 is 11.9 Å². The van der Waals surface area contributed by atoms with Crippen molar-refractivity contribution in [3.05, 3.63) is 278 Å². The lowest BCUT2D eigenvalue weighted by Crippen LogP contribution is -2.21. The Morgan fingerprint density at radius 1 is 0.471 bits per heavy atom. The molecule has 0 bridgehead atoms. The summed E-state index contributed by atoms with van der Waals surface area (Å²) in [7, 11) is 1.63. The summed E-state index contributed by atoms with van der Waals surface area (Å²) in [6.07, 6.45) is 24.4. The van der Waals surface area contributed by atoms with Gasteiger partial charge < -0.3 is 24.5 Å². The van der Waals surface area contributed by atoms with Gasteiger partial charge in [0.1, 0.15) is 22.3 Å². The number of thiazole rings is 4. The number of methoxy groups -OCH3 is 1. The second kappa shape index (κ2) is 61.7. The average molecular weight is 2020 g/mol. The third-order valence-electron chi connectivity index (χ3n) is 18.9. The molecule has 33 heteroatoms. The molecular formula is C107H163N21O7S5. The standard InChI is InChI=1S/C10H15N.2C9H11NO2.C9H13NO.C8H12N2O.C8H13NS.C8H11N.C7H12N2S.C7H12N2.3C7H11NS.C6H10N2O.C5H10N4/c1-7(2)10-6-5-8(3)11-9(10)4;1-6(2)7-3-8(9(11)12)5-10-4-7;1-6(2)7-3-4-10-8(5-7)9(11)12;1-7(2)8-4-5-10-9(6-8)11-3;1-6(2)7-3-9-8(5-11)10-4-7;1-6-9-5-7(10-6)8(2,3)4;1-7(2)8-4-3-5-9-6-8;1-5-8-9-6(10-5)7(2,3)4;1-7(2,3)9-6-4-5-8-9;1-7(2,3)6-4-9-5-8-6;1-7(2,3)6-4-8-5-9-6;1-7(2,3)6-8-4-5-9-6;1-6(2,3)5-8-7-4-9-5;1-5(2,3)4-6-8-9-7-4/h5-7H,1-4H3;2*3-6H,1-2H3,(H,11,12);4-7H,1-3H3;3-4,6,11H,5H2,1-2H3;5H,1-4H3;3-7H,1-2H3;1-4H3;4-6H,1-3H3;3*4-5H,1-3H3;4H,1-3H3;1-3H3,(H,6,7,8,9). The van der Waals surface area contributed by atoms with E-state index in [1.54, 1.807) is 113 Å². The number of carboxylic acids is 2. The number of ether oxygens (including phenoxy) is 1. The van der Waals surface area contributed by atoms with Gasteiger partial charge in [-0.25, -0.2) is 44.5 Å². The molecule has 768 valence electrons. The van der Waals surface area contributed by atoms with Crippen LogP contribution in [0.5, 0.6) is 5.88 Å². The van der Waals surface area contributed by atoms with Crippen LogP contribution in [0.2, 0.25) is 0 Å². The minimum absolute atomic E-state index is 0.00694. The highest BCUT2D eigenvalue weighted by Gasteiger charge is 2.23. The summed E-state index contributed by atoms with van der Waals surface area (Å²) in [6.45, 7) is 84.5. The van der Waals surface area contributed by atoms with Crippen molar-refractivity contribution in [2.75, 3.05) is 7.11 Å². The minimum Gasteiger partial charge on any atom is -0.481 e. The van der Waals surface area contributed by atoms with E-state index in [0.29, 0.717) is 53.1 Å². The van der Waals surface area contributed by atoms with Gasteiger partial charge in [-0.2, -0.15) is 10.3 Å². The molecule has 0 unspecified atom stereocenters. The Morgan fingerprint density at radius 2 is 1.06 bits per heavy atom. The summed E-state index contributed by atoms with van der Waals surface area (Å²) < 4.78 is 11.9. The quantitative estimate of drug-likeness (QED) is 0.0988. The van der Waals surface area contributed by atoms with Gasteiger partial charge in [-0.1, -0.05) is 246 Å². The highest BCUT2D eigenvalue weighted by molar-refractivity contribution is 7.12. The van der Waals surface area contributed by atoms with E-state index in [-0.39, 0.29) is 61.3 Å². The second-order valence-electron chi connectivity index (χ2n) is 42.5. The molecule has 0 saturated heterocycles. The van der Waals surface area contributed by atoms with Crippen LogP contribution >= 0.6 is 56.7 Å². The highest BCUT2D eigenvalue weighted by Crippen LogP contribution is 2.30. The Morgan fingerprint density at radius 3 is 1.38 bits per heavy atom. The fraction of sp³-hybridized carbons (Fsp3) is 0.523. The van der Waals surface area contributed by atoms with E-state index in [9.17, 15) is 9.59 Å². The van der Waals surface area contributed by atoms with Crippen LogP contribution in [-0.4, -0.2) is 140 Å². The molecule has 28 nitrogen and oxygen atoms in total. The highest BCUT2D eigenvalue weighted by atomic mass is 32.1. The Hall–Kier alpha value is -11.0. The Kier molecular flexibility index (Phi) is 56.0. The maximum atomic E-state index is 10.5. The zero-order valence-electron chi connectivity index (χ0n) is 91.3. The smallest absolute Gasteiger partial charge is 0.354 e. The van der Waals surface area contributed by atoms with Gasteiger partial charge in [0.2, 0.25) is 18.2 Å². The molecule has 0 atom stereocenters. The second-order valence-corrected chi connectivity index (χ2v) is 47.4. The number of H-pyrrole nitrogens is 1. The SMILES string of the molecule is CC(C)(C)c1cncs1.CC(C)(C)c1cscn1.CC(C)(C)c1nccs1.CC(C)(C)c1nn[nH]n1.CC(C)(C)c1nnco1.CC(C)(C)n1cccn1.CC(C)c1cccnc1.CC(C)c1ccnc(C(=O)O)c1.CC(C)c1cnc(CO)nc1.CC(C)c1cncc(C(=O)O)c1.COc1cc(C(C)C)ccn1.Cc1ccc(C(C)C)c(C)n1.Cc1ncc(C(C)(C)C)s1.Cc1nnc(C(C)(C)C)s1. The molecule has 14 aromatic heterocycles. The number of rotatable bonds is 10. The number of hydrogen-bond acceptors (Lipinski definition) is 29. The monoisotopic (exact) mass is 2010 g/mol. The molecule has 14 rings (SSSR count). The predicted molar refractivity (Wildman–Crippen MR) is 578 cm³/mol. The number of aryl methyl sites for hydroxylation is 4. The third-order valence-corrected chi connectivity index (χ3v) is 24.5. The lowest BCUT2D eigenvalue weighted by Gasteiger charge is -2.18. The normalized spacial score (nSPS) is 11.2. The number of aliphatic hydroxyl groups excluding tert-OH is 1. The van der Waals surface area contributed by atoms with Crippen LogP contribution in [0.3, 0.4) is 0 Å². The van der Waals surface area contributed by atoms with E-state index >= 15 is 0 Å². The van der Waals surface area contributed by atoms with Crippen molar-refractivity contribution in [1.29, 1.82) is 0 Å². The Labute approximate surface area is 856 Å². The number of pyridine rings is 5. The van der Waals surface area contributed by atoms with Gasteiger partial charge in [-0.15, -0.1) is 87.3 Å². The largest absolute Gasteiger partial charge is 0.481 e. The van der Waals surface area contributed by atoms with Crippen LogP contribution in [0.4, 0.5) is 0 Å². The van der Waals surface area contributed by atoms with Crippen molar-refractivity contribution in [1.82, 2.24) is 106 Å². The molecule has 0 aliphatic heterocycles. The van der Waals surface area contributed by atoms with Crippen molar-refractivity contribution < 1.29 is 34.1 Å². The third kappa shape index (κ3) is 53.6. The van der Waals surface area contributed by atoms with Gasteiger partial charge in [-0.3, -0.25) is 24.6 Å². The summed E-state index contributed by atoms with van der Waals surface area (Å²) in [6, 6.07) is 19.3. The van der Waals surface area contributed by atoms with E-state index in [4.69, 9.17) is 24.5 Å². The molecule has 140 heavy (non-hydrogen) atoms. The van der Waals surface area contributed by atoms with Crippen LogP contribution in [-0.2, 0) is 50.1 Å². The number of tetrazole rings is 1. The summed E-state index contributed by atoms with van der Waals surface area (Å²) in [5, 5.41) is 67.6. The van der Waals surface area contributed by atoms with Gasteiger partial charge in [0.15, 0.2) is 11.6 Å². The molecule has 0 aliphatic carbocycles. The first-order valence-corrected chi connectivity index (χ1v) is 51.1. The zero-order valence-corrected chi connectivity index (χ0v) is 95.4. The van der Waals surface area contributed by atoms with E-state index in [1.165, 1.54) is 61.6 Å². The molecule has 0 radical (unpaired) electrons. The fourth-order valence-electron chi connectivity index (χ4n) is 10.2. The summed E-state index contributed by atoms with van der Waals surface area (Å²) in [5.41, 5.74) is 15.8. The molecule has 0 spiro atoms. The van der Waals surface area contributed by atoms with Crippen molar-refractivity contribution >= 4 is 68.6 Å². The summed E-state index contributed by atoms with van der Waals surface area (Å²) in [4.78, 5) is 68.3. The Balaban J connectivity index is 0.000000755. The number of nitrogens with zero attached hydrogens (tertiary/aromatic N) is 20. The van der Waals surface area contributed by atoms with Gasteiger partial charge in [0, 0.05) is 146 Å². The summed E-state index contributed by atoms with van der Waals surface area (Å²) in [5.74, 6) is 3.53. The molecule has 0 saturated carbocycles. The molecule has 4 N–H and O–H groups in total. The van der Waals surface area contributed by atoms with E-state index < -0.39 is 11.9 Å². The zero-order chi connectivity index (χ0) is 107. The summed E-state index contributed by atoms with van der Waals surface area (Å²) >= 11 is 8.55. The first-order chi connectivity index (χ1) is 64.7. The number of aliphatic hydroxyl groups is 1. The average Bonchev–Trinajstić information content (AvgIpc) is 1.68. The predicted octanol–water partition coefficient (Wildman–Crippen LogP) is 27.9. The number of hydrogen-bond donors (Lipinski definition) is 4. The van der Waals surface area contributed by atoms with Crippen LogP contribution in [0, 0.1) is 27.7 Å². The number of carbonyl (C=O) groups is 2. The van der Waals surface area contributed by atoms with Crippen molar-refractivity contribution in [3.63, 3.8) is 0 Å². The van der Waals surface area contributed by atoms with Gasteiger partial charge in [-0.05, 0) is 171 Å². The fourth-order valence-corrected chi connectivity index (χ4v) is 14.0. The van der Waals surface area contributed by atoms with E-state index in [2.05, 4.69) is 311 Å². The first-order valence-electron chi connectivity index (χ1n) is 46.8. The first kappa shape index (κ1) is 127. The molecule has 0 aromatic carbocycles. The lowest BCUT2D eigenvalue weighted by atomic mass is 9.93. The maximum Gasteiger partial charge on any atom is 0.354 e. The lowest BCUT2D eigenvalue weighted by molar-refractivity contribution is 0.0682. The number of aromatic amines is 1. The van der Waals surface area contributed by atoms with Crippen LogP contribution < -0.4 is 4.74 Å². The molecule has 14 aromatic rings. The molecule has 0 aliphatic rings. The number of nitrogens with one attached hydrogen (secondary N) is 1. The van der Waals surface area contributed by atoms with Crippen LogP contribution in [0.25, 0.3) is 0 Å². The van der Waals surface area contributed by atoms with E-state index in [1.807, 2.05) is 172 Å². The van der Waals surface area contributed by atoms with E-state index in [0.717, 1.165) is 43.2 Å². The number of carboxylic acid groups (broad SMARTS) is 2. The topological polar surface area (TPSA) is 383 Å². The van der Waals surface area contributed by atoms with Crippen LogP contribution in [0.15, 0.2) is 174 Å². The van der Waals surface area contributed by atoms with Gasteiger partial charge in [0.25, 0.3) is 0 Å². The van der Waals surface area contributed by atoms with Crippen LogP contribution in [0.1, 0.15) is 403 Å². The van der Waals surface area contributed by atoms with Crippen molar-refractivity contribution in [3.8, 4) is 5.88 Å². The molecular weight excluding hydrogens is 1850 g/mol. The van der Waals surface area contributed by atoms with Crippen molar-refractivity contribution in [2.45, 2.75) is 363 Å².